The minimum atomic E-state index is -0.00524. The Morgan fingerprint density at radius 3 is 1.24 bits per heavy atom. The molecule has 4 nitrogen and oxygen atoms in total. The Labute approximate surface area is 256 Å². The Bertz CT molecular complexity index is 583. The molecule has 0 aliphatic rings. The van der Waals surface area contributed by atoms with Crippen LogP contribution in [0.1, 0.15) is 189 Å². The van der Waals surface area contributed by atoms with E-state index in [4.69, 9.17) is 9.47 Å². The molecule has 0 N–H and O–H groups in total. The summed E-state index contributed by atoms with van der Waals surface area (Å²) in [5, 5.41) is 0. The van der Waals surface area contributed by atoms with Gasteiger partial charge in [0.1, 0.15) is 0 Å². The van der Waals surface area contributed by atoms with Gasteiger partial charge in [-0.25, -0.2) is 0 Å². The van der Waals surface area contributed by atoms with Crippen LogP contribution >= 0.6 is 0 Å². The minimum Gasteiger partial charge on any atom is -0.466 e. The number of unbranched alkanes of at least 4 members (excludes halogenated alkanes) is 15. The van der Waals surface area contributed by atoms with Gasteiger partial charge in [0.05, 0.1) is 13.2 Å². The van der Waals surface area contributed by atoms with E-state index >= 15 is 0 Å². The van der Waals surface area contributed by atoms with Crippen LogP contribution in [0, 0.1) is 23.7 Å². The highest BCUT2D eigenvalue weighted by molar-refractivity contribution is 5.69. The monoisotopic (exact) mass is 581 g/mol. The Balaban J connectivity index is 3.51. The third kappa shape index (κ3) is 30.2. The number of hydrogen-bond acceptors (Lipinski definition) is 4. The molecule has 0 aromatic rings. The predicted molar refractivity (Wildman–Crippen MR) is 176 cm³/mol. The summed E-state index contributed by atoms with van der Waals surface area (Å²) < 4.78 is 10.9. The summed E-state index contributed by atoms with van der Waals surface area (Å²) in [7, 11) is 0. The Kier molecular flexibility index (Phi) is 28.3. The fourth-order valence-electron chi connectivity index (χ4n) is 5.49. The van der Waals surface area contributed by atoms with E-state index in [9.17, 15) is 9.59 Å². The third-order valence-electron chi connectivity index (χ3n) is 8.46. The molecule has 0 bridgehead atoms. The first-order chi connectivity index (χ1) is 19.7. The van der Waals surface area contributed by atoms with Gasteiger partial charge in [0.2, 0.25) is 0 Å². The lowest BCUT2D eigenvalue weighted by atomic mass is 9.87. The first kappa shape index (κ1) is 39.9. The predicted octanol–water partition coefficient (Wildman–Crippen LogP) is 11.6. The summed E-state index contributed by atoms with van der Waals surface area (Å²) in [6, 6.07) is 0. The molecule has 1 atom stereocenters. The zero-order valence-electron chi connectivity index (χ0n) is 28.6. The normalized spacial score (nSPS) is 12.4. The number of ether oxygens (including phenoxy) is 2. The van der Waals surface area contributed by atoms with Gasteiger partial charge in [-0.1, -0.05) is 151 Å². The number of hydrogen-bond donors (Lipinski definition) is 0. The fourth-order valence-corrected chi connectivity index (χ4v) is 5.49. The molecule has 0 aromatic carbocycles. The summed E-state index contributed by atoms with van der Waals surface area (Å²) in [5.41, 5.74) is 0. The molecule has 0 radical (unpaired) electrons. The molecular weight excluding hydrogens is 508 g/mol. The van der Waals surface area contributed by atoms with Crippen LogP contribution in [0.2, 0.25) is 0 Å². The molecule has 0 saturated heterocycles. The van der Waals surface area contributed by atoms with Crippen LogP contribution in [0.5, 0.6) is 0 Å². The molecule has 0 amide bonds. The van der Waals surface area contributed by atoms with Gasteiger partial charge in [-0.3, -0.25) is 9.59 Å². The molecule has 0 spiro atoms. The highest BCUT2D eigenvalue weighted by Gasteiger charge is 2.18. The smallest absolute Gasteiger partial charge is 0.306 e. The van der Waals surface area contributed by atoms with E-state index in [1.54, 1.807) is 0 Å². The lowest BCUT2D eigenvalue weighted by molar-refractivity contribution is -0.145. The molecule has 0 aliphatic heterocycles. The van der Waals surface area contributed by atoms with Gasteiger partial charge in [0, 0.05) is 12.8 Å². The van der Waals surface area contributed by atoms with E-state index in [2.05, 4.69) is 41.5 Å². The number of esters is 2. The molecule has 244 valence electrons. The van der Waals surface area contributed by atoms with Gasteiger partial charge >= 0.3 is 11.9 Å². The van der Waals surface area contributed by atoms with Crippen molar-refractivity contribution in [3.8, 4) is 0 Å². The second-order valence-electron chi connectivity index (χ2n) is 13.9. The second kappa shape index (κ2) is 29.0. The fraction of sp³-hybridized carbons (Fsp3) is 0.946. The average Bonchev–Trinajstić information content (AvgIpc) is 2.91. The van der Waals surface area contributed by atoms with Crippen molar-refractivity contribution in [2.45, 2.75) is 189 Å². The van der Waals surface area contributed by atoms with Crippen molar-refractivity contribution in [1.29, 1.82) is 0 Å². The molecule has 0 fully saturated rings. The lowest BCUT2D eigenvalue weighted by Gasteiger charge is -2.20. The third-order valence-corrected chi connectivity index (χ3v) is 8.46. The Hall–Kier alpha value is -1.06. The molecule has 41 heavy (non-hydrogen) atoms. The van der Waals surface area contributed by atoms with Crippen molar-refractivity contribution in [1.82, 2.24) is 0 Å². The van der Waals surface area contributed by atoms with Gasteiger partial charge in [-0.15, -0.1) is 0 Å². The maximum atomic E-state index is 12.3. The quantitative estimate of drug-likeness (QED) is 0.0626. The van der Waals surface area contributed by atoms with Crippen LogP contribution in [0.15, 0.2) is 0 Å². The zero-order chi connectivity index (χ0) is 30.6. The van der Waals surface area contributed by atoms with E-state index in [0.29, 0.717) is 37.9 Å². The van der Waals surface area contributed by atoms with Crippen molar-refractivity contribution in [2.75, 3.05) is 13.2 Å². The van der Waals surface area contributed by atoms with E-state index in [0.717, 1.165) is 50.4 Å². The van der Waals surface area contributed by atoms with Gasteiger partial charge in [0.15, 0.2) is 0 Å². The number of carbonyl (C=O) groups is 2. The SMILES string of the molecule is CC(C)CCCCCOC(=O)CCCCCCCCCCCCCCC(CC(=O)OCCCCCC(C)C)C(C)C. The van der Waals surface area contributed by atoms with Crippen LogP contribution in [-0.2, 0) is 19.1 Å². The minimum absolute atomic E-state index is 0.00524. The first-order valence-electron chi connectivity index (χ1n) is 18.0. The number of carbonyl (C=O) groups excluding carboxylic acids is 2. The van der Waals surface area contributed by atoms with Gasteiger partial charge < -0.3 is 9.47 Å². The zero-order valence-corrected chi connectivity index (χ0v) is 28.6. The van der Waals surface area contributed by atoms with Crippen LogP contribution in [0.25, 0.3) is 0 Å². The van der Waals surface area contributed by atoms with Crippen molar-refractivity contribution in [2.24, 2.45) is 23.7 Å². The molecule has 0 aromatic heterocycles. The van der Waals surface area contributed by atoms with E-state index < -0.39 is 0 Å². The molecule has 0 heterocycles. The molecular formula is C37H72O4. The Morgan fingerprint density at radius 1 is 0.439 bits per heavy atom. The maximum absolute atomic E-state index is 12.3. The maximum Gasteiger partial charge on any atom is 0.306 e. The van der Waals surface area contributed by atoms with Crippen molar-refractivity contribution < 1.29 is 19.1 Å². The molecule has 4 heteroatoms. The van der Waals surface area contributed by atoms with Crippen molar-refractivity contribution >= 4 is 11.9 Å². The van der Waals surface area contributed by atoms with E-state index in [-0.39, 0.29) is 11.9 Å². The van der Waals surface area contributed by atoms with Crippen molar-refractivity contribution in [3.05, 3.63) is 0 Å². The molecule has 0 saturated carbocycles. The standard InChI is InChI=1S/C37H72O4/c1-32(2)25-19-17-23-29-40-36(38)28-22-16-14-12-10-8-7-9-11-13-15-21-27-35(34(5)6)31-37(39)41-30-24-18-20-26-33(3)4/h32-35H,7-31H2,1-6H3. The number of rotatable bonds is 30. The summed E-state index contributed by atoms with van der Waals surface area (Å²) in [6.45, 7) is 14.7. The van der Waals surface area contributed by atoms with E-state index in [1.165, 1.54) is 96.3 Å². The van der Waals surface area contributed by atoms with Crippen LogP contribution < -0.4 is 0 Å². The van der Waals surface area contributed by atoms with Gasteiger partial charge in [-0.2, -0.15) is 0 Å². The molecule has 0 aliphatic carbocycles. The lowest BCUT2D eigenvalue weighted by Crippen LogP contribution is -2.17. The van der Waals surface area contributed by atoms with Gasteiger partial charge in [-0.05, 0) is 49.4 Å². The molecule has 0 rings (SSSR count). The summed E-state index contributed by atoms with van der Waals surface area (Å²) in [5.74, 6) is 2.53. The first-order valence-corrected chi connectivity index (χ1v) is 18.0. The van der Waals surface area contributed by atoms with Crippen LogP contribution in [0.3, 0.4) is 0 Å². The van der Waals surface area contributed by atoms with Gasteiger partial charge in [0.25, 0.3) is 0 Å². The Morgan fingerprint density at radius 2 is 0.805 bits per heavy atom. The summed E-state index contributed by atoms with van der Waals surface area (Å²) >= 11 is 0. The second-order valence-corrected chi connectivity index (χ2v) is 13.9. The highest BCUT2D eigenvalue weighted by Crippen LogP contribution is 2.24. The van der Waals surface area contributed by atoms with Crippen molar-refractivity contribution in [3.63, 3.8) is 0 Å². The average molecular weight is 581 g/mol. The van der Waals surface area contributed by atoms with Crippen LogP contribution in [-0.4, -0.2) is 25.2 Å². The topological polar surface area (TPSA) is 52.6 Å². The summed E-state index contributed by atoms with van der Waals surface area (Å²) in [4.78, 5) is 24.1. The largest absolute Gasteiger partial charge is 0.466 e. The summed E-state index contributed by atoms with van der Waals surface area (Å²) in [6.07, 6.45) is 26.9. The molecule has 1 unspecified atom stereocenters. The van der Waals surface area contributed by atoms with E-state index in [1.807, 2.05) is 0 Å². The highest BCUT2D eigenvalue weighted by atomic mass is 16.5. The van der Waals surface area contributed by atoms with Crippen LogP contribution in [0.4, 0.5) is 0 Å².